The third kappa shape index (κ3) is 12.1. The van der Waals surface area contributed by atoms with Crippen molar-refractivity contribution in [2.75, 3.05) is 0 Å². The van der Waals surface area contributed by atoms with Gasteiger partial charge in [0.05, 0.1) is 0 Å². The van der Waals surface area contributed by atoms with E-state index in [-0.39, 0.29) is 32.7 Å². The van der Waals surface area contributed by atoms with E-state index in [2.05, 4.69) is 30.5 Å². The molecule has 0 fully saturated rings. The molecule has 0 aliphatic carbocycles. The second kappa shape index (κ2) is 20.6. The van der Waals surface area contributed by atoms with Crippen LogP contribution in [0.4, 0.5) is 0 Å². The summed E-state index contributed by atoms with van der Waals surface area (Å²) >= 11 is 0. The summed E-state index contributed by atoms with van der Waals surface area (Å²) in [6, 6.07) is 20.3. The van der Waals surface area contributed by atoms with E-state index in [1.54, 1.807) is 0 Å². The quantitative estimate of drug-likeness (QED) is 0.273. The van der Waals surface area contributed by atoms with Crippen molar-refractivity contribution in [1.82, 2.24) is 0 Å². The van der Waals surface area contributed by atoms with Crippen molar-refractivity contribution in [3.05, 3.63) is 82.9 Å². The Morgan fingerprint density at radius 1 is 0.733 bits per heavy atom. The van der Waals surface area contributed by atoms with Gasteiger partial charge >= 0.3 is 0 Å². The van der Waals surface area contributed by atoms with Gasteiger partial charge < -0.3 is 10.8 Å². The Labute approximate surface area is 210 Å². The molecule has 0 bridgehead atoms. The van der Waals surface area contributed by atoms with Crippen molar-refractivity contribution in [3.8, 4) is 0 Å². The number of fused-ring (bicyclic) bond motifs is 1. The van der Waals surface area contributed by atoms with E-state index in [0.29, 0.717) is 5.71 Å². The fourth-order valence-corrected chi connectivity index (χ4v) is 2.29. The third-order valence-corrected chi connectivity index (χ3v) is 3.71. The molecule has 0 aliphatic heterocycles. The van der Waals surface area contributed by atoms with Gasteiger partial charge in [-0.05, 0) is 29.3 Å². The zero-order valence-corrected chi connectivity index (χ0v) is 23.2. The molecule has 3 aromatic rings. The summed E-state index contributed by atoms with van der Waals surface area (Å²) in [5.74, 6) is 0. The van der Waals surface area contributed by atoms with E-state index in [0.717, 1.165) is 16.7 Å². The van der Waals surface area contributed by atoms with Gasteiger partial charge in [-0.25, -0.2) is 0 Å². The smallest absolute Gasteiger partial charge is 0.0355 e. The molecule has 0 aromatic heterocycles. The molecule has 3 aromatic carbocycles. The number of hydrogen-bond donors (Lipinski definition) is 2. The zero-order chi connectivity index (χ0) is 22.8. The van der Waals surface area contributed by atoms with Crippen LogP contribution in [0, 0.1) is 24.7 Å². The summed E-state index contributed by atoms with van der Waals surface area (Å²) < 4.78 is 0. The van der Waals surface area contributed by atoms with Crippen LogP contribution < -0.4 is 0 Å². The van der Waals surface area contributed by atoms with Gasteiger partial charge in [0.1, 0.15) is 0 Å². The molecule has 2 nitrogen and oxygen atoms in total. The Bertz CT molecular complexity index is 854. The number of rotatable bonds is 2. The number of nitrogens with one attached hydrogen (secondary N) is 2. The van der Waals surface area contributed by atoms with Crippen LogP contribution in [-0.2, 0) is 32.7 Å². The number of benzene rings is 3. The van der Waals surface area contributed by atoms with Crippen molar-refractivity contribution in [2.45, 2.75) is 62.3 Å². The first-order valence-corrected chi connectivity index (χ1v) is 10.6. The van der Waals surface area contributed by atoms with Crippen molar-refractivity contribution in [3.63, 3.8) is 0 Å². The Kier molecular flexibility index (Phi) is 22.7. The molecule has 3 heteroatoms. The second-order valence-electron chi connectivity index (χ2n) is 5.63. The molecule has 30 heavy (non-hydrogen) atoms. The van der Waals surface area contributed by atoms with Crippen LogP contribution in [0.5, 0.6) is 0 Å². The van der Waals surface area contributed by atoms with Crippen LogP contribution >= 0.6 is 0 Å². The average molecular weight is 481 g/mol. The van der Waals surface area contributed by atoms with E-state index < -0.39 is 0 Å². The molecule has 3 rings (SSSR count). The standard InChI is InChI=1S/C12H11N.C9H10N.3C2H6.Y/c1-9(13)11-7-6-10-4-2-3-5-12(10)8-11;1-7-3-4-8(2)9(5-7)6-10;3*1-2;/h2-8,13H,1H3;3-5,10H,1-2H3;3*1-2H3;/q;-1;;;;. The molecule has 0 heterocycles. The molecule has 0 spiro atoms. The Morgan fingerprint density at radius 3 is 1.73 bits per heavy atom. The van der Waals surface area contributed by atoms with Crippen molar-refractivity contribution >= 4 is 22.7 Å². The predicted molar refractivity (Wildman–Crippen MR) is 133 cm³/mol. The van der Waals surface area contributed by atoms with E-state index in [4.69, 9.17) is 10.8 Å². The predicted octanol–water partition coefficient (Wildman–Crippen LogP) is 8.48. The zero-order valence-electron chi connectivity index (χ0n) is 20.4. The van der Waals surface area contributed by atoms with Crippen LogP contribution in [0.25, 0.3) is 10.8 Å². The number of hydrogen-bond acceptors (Lipinski definition) is 2. The average Bonchev–Trinajstić information content (AvgIpc) is 2.79. The van der Waals surface area contributed by atoms with Gasteiger partial charge in [0, 0.05) is 38.4 Å². The van der Waals surface area contributed by atoms with Crippen LogP contribution in [0.2, 0.25) is 0 Å². The summed E-state index contributed by atoms with van der Waals surface area (Å²) in [6.07, 6.45) is 2.39. The molecule has 0 atom stereocenters. The van der Waals surface area contributed by atoms with E-state index in [1.165, 1.54) is 16.3 Å². The third-order valence-electron chi connectivity index (χ3n) is 3.71. The maximum Gasteiger partial charge on any atom is 0.0355 e. The van der Waals surface area contributed by atoms with Crippen molar-refractivity contribution in [2.24, 2.45) is 0 Å². The molecule has 0 unspecified atom stereocenters. The van der Waals surface area contributed by atoms with Gasteiger partial charge in [-0.2, -0.15) is 17.2 Å². The molecule has 2 N–H and O–H groups in total. The van der Waals surface area contributed by atoms with Gasteiger partial charge in [0.25, 0.3) is 0 Å². The largest absolute Gasteiger partial charge is 0.376 e. The van der Waals surface area contributed by atoms with Crippen LogP contribution in [0.3, 0.4) is 0 Å². The SMILES string of the molecule is CC.CC.CC.CC(=N)c1ccc2ccccc2c1.Cc1ccc(C)c([C-]=N)c1.[Y]. The van der Waals surface area contributed by atoms with E-state index >= 15 is 0 Å². The summed E-state index contributed by atoms with van der Waals surface area (Å²) in [5.41, 5.74) is 4.80. The first-order chi connectivity index (χ1) is 14.0. The molecule has 0 saturated carbocycles. The normalized spacial score (nSPS) is 8.17. The second-order valence-corrected chi connectivity index (χ2v) is 5.63. The summed E-state index contributed by atoms with van der Waals surface area (Å²) in [4.78, 5) is 0. The van der Waals surface area contributed by atoms with Gasteiger partial charge in [-0.3, -0.25) is 0 Å². The molecule has 1 radical (unpaired) electrons. The van der Waals surface area contributed by atoms with Crippen LogP contribution in [-0.4, -0.2) is 11.9 Å². The maximum absolute atomic E-state index is 7.51. The Hall–Kier alpha value is -1.64. The monoisotopic (exact) mass is 480 g/mol. The van der Waals surface area contributed by atoms with Crippen LogP contribution in [0.15, 0.2) is 60.7 Å². The summed E-state index contributed by atoms with van der Waals surface area (Å²) in [6.45, 7) is 17.8. The minimum Gasteiger partial charge on any atom is -0.376 e. The molecule has 161 valence electrons. The number of aryl methyl sites for hydroxylation is 2. The molecular formula is C27H39N2Y-. The molecule has 0 aliphatic rings. The maximum atomic E-state index is 7.51. The first-order valence-electron chi connectivity index (χ1n) is 10.6. The fraction of sp³-hybridized carbons (Fsp3) is 0.333. The topological polar surface area (TPSA) is 47.7 Å². The van der Waals surface area contributed by atoms with Gasteiger partial charge in [-0.1, -0.05) is 104 Å². The molecule has 0 amide bonds. The summed E-state index contributed by atoms with van der Waals surface area (Å²) in [5, 5.41) is 16.9. The molecule has 0 saturated heterocycles. The summed E-state index contributed by atoms with van der Waals surface area (Å²) in [7, 11) is 0. The van der Waals surface area contributed by atoms with Crippen molar-refractivity contribution in [1.29, 1.82) is 10.8 Å². The Balaban J connectivity index is -0.000000386. The van der Waals surface area contributed by atoms with Gasteiger partial charge in [0.15, 0.2) is 0 Å². The minimum atomic E-state index is 0. The van der Waals surface area contributed by atoms with Crippen LogP contribution in [0.1, 0.15) is 70.7 Å². The fourth-order valence-electron chi connectivity index (χ4n) is 2.29. The van der Waals surface area contributed by atoms with Gasteiger partial charge in [0.2, 0.25) is 0 Å². The van der Waals surface area contributed by atoms with Crippen molar-refractivity contribution < 1.29 is 32.7 Å². The first kappa shape index (κ1) is 33.0. The van der Waals surface area contributed by atoms with E-state index in [9.17, 15) is 0 Å². The van der Waals surface area contributed by atoms with E-state index in [1.807, 2.05) is 98.7 Å². The Morgan fingerprint density at radius 2 is 1.27 bits per heavy atom. The van der Waals surface area contributed by atoms with Gasteiger partial charge in [-0.15, -0.1) is 11.6 Å². The molecular weight excluding hydrogens is 441 g/mol. The minimum absolute atomic E-state index is 0.